The molecular weight excluding hydrogens is 192 g/mol. The average molecular weight is 220 g/mol. The van der Waals surface area contributed by atoms with Gasteiger partial charge in [-0.3, -0.25) is 0 Å². The maximum Gasteiger partial charge on any atom is -0.0221 e. The predicted molar refractivity (Wildman–Crippen MR) is 75.6 cm³/mol. The van der Waals surface area contributed by atoms with Gasteiger partial charge in [-0.05, 0) is 50.2 Å². The van der Waals surface area contributed by atoms with Crippen LogP contribution < -0.4 is 0 Å². The van der Waals surface area contributed by atoms with Crippen LogP contribution in [0.2, 0.25) is 0 Å². The molecule has 0 aromatic rings. The summed E-state index contributed by atoms with van der Waals surface area (Å²) in [5.41, 5.74) is 5.97. The van der Waals surface area contributed by atoms with Crippen LogP contribution in [0.3, 0.4) is 0 Å². The molecule has 0 amide bonds. The highest BCUT2D eigenvalue weighted by Crippen LogP contribution is 2.39. The Hall–Kier alpha value is -0.780. The Bertz CT molecular complexity index is 311. The highest BCUT2D eigenvalue weighted by molar-refractivity contribution is 5.40. The summed E-state index contributed by atoms with van der Waals surface area (Å²) >= 11 is 0. The summed E-state index contributed by atoms with van der Waals surface area (Å²) in [5.74, 6) is 0. The summed E-state index contributed by atoms with van der Waals surface area (Å²) in [4.78, 5) is 0. The molecule has 92 valence electrons. The first-order chi connectivity index (χ1) is 7.32. The van der Waals surface area contributed by atoms with Gasteiger partial charge in [0.25, 0.3) is 0 Å². The lowest BCUT2D eigenvalue weighted by Crippen LogP contribution is -2.17. The van der Waals surface area contributed by atoms with Crippen LogP contribution in [0, 0.1) is 5.41 Å². The summed E-state index contributed by atoms with van der Waals surface area (Å²) in [6.07, 6.45) is 4.75. The van der Waals surface area contributed by atoms with E-state index in [0.29, 0.717) is 5.41 Å². The summed E-state index contributed by atoms with van der Waals surface area (Å²) in [6, 6.07) is 0. The van der Waals surface area contributed by atoms with Crippen molar-refractivity contribution in [2.24, 2.45) is 5.41 Å². The van der Waals surface area contributed by atoms with Crippen LogP contribution in [0.4, 0.5) is 0 Å². The number of allylic oxidation sites excluding steroid dienone is 5. The first kappa shape index (κ1) is 15.2. The van der Waals surface area contributed by atoms with E-state index in [0.717, 1.165) is 0 Å². The van der Waals surface area contributed by atoms with Gasteiger partial charge in [-0.15, -0.1) is 0 Å². The lowest BCUT2D eigenvalue weighted by molar-refractivity contribution is 0.350. The van der Waals surface area contributed by atoms with E-state index in [2.05, 4.69) is 47.3 Å². The molecule has 0 bridgehead atoms. The molecule has 0 fully saturated rings. The van der Waals surface area contributed by atoms with Gasteiger partial charge in [-0.1, -0.05) is 51.5 Å². The highest BCUT2D eigenvalue weighted by atomic mass is 14.3. The predicted octanol–water partition coefficient (Wildman–Crippen LogP) is 5.67. The molecule has 0 heteroatoms. The molecule has 0 unspecified atom stereocenters. The van der Waals surface area contributed by atoms with Crippen molar-refractivity contribution in [3.05, 3.63) is 34.9 Å². The van der Waals surface area contributed by atoms with Crippen molar-refractivity contribution in [1.82, 2.24) is 0 Å². The third-order valence-electron chi connectivity index (χ3n) is 2.97. The standard InChI is InChI=1S/C14H22.C2H6/c1-10(2)12(4)13-7-11(3)8-14(5,6)9-13;1-2/h7H,1,8-9H2,2-6H3;1-2H3/b13-12+;. The van der Waals surface area contributed by atoms with Gasteiger partial charge < -0.3 is 0 Å². The van der Waals surface area contributed by atoms with Gasteiger partial charge in [0.05, 0.1) is 0 Å². The first-order valence-electron chi connectivity index (χ1n) is 6.35. The molecule has 1 rings (SSSR count). The van der Waals surface area contributed by atoms with Crippen molar-refractivity contribution < 1.29 is 0 Å². The van der Waals surface area contributed by atoms with Gasteiger partial charge in [-0.2, -0.15) is 0 Å². The van der Waals surface area contributed by atoms with E-state index in [1.807, 2.05) is 13.8 Å². The van der Waals surface area contributed by atoms with Crippen LogP contribution in [-0.4, -0.2) is 0 Å². The lowest BCUT2D eigenvalue weighted by atomic mass is 9.74. The van der Waals surface area contributed by atoms with E-state index < -0.39 is 0 Å². The summed E-state index contributed by atoms with van der Waals surface area (Å²) in [7, 11) is 0. The molecule has 0 saturated carbocycles. The zero-order valence-electron chi connectivity index (χ0n) is 12.2. The monoisotopic (exact) mass is 220 g/mol. The maximum absolute atomic E-state index is 4.02. The largest absolute Gasteiger partial charge is 0.0958 e. The molecule has 0 spiro atoms. The van der Waals surface area contributed by atoms with E-state index in [9.17, 15) is 0 Å². The molecule has 0 heterocycles. The minimum absolute atomic E-state index is 0.422. The smallest absolute Gasteiger partial charge is 0.0221 e. The topological polar surface area (TPSA) is 0 Å². The molecule has 1 aliphatic carbocycles. The quantitative estimate of drug-likeness (QED) is 0.534. The van der Waals surface area contributed by atoms with E-state index in [1.54, 1.807) is 0 Å². The van der Waals surface area contributed by atoms with Crippen LogP contribution >= 0.6 is 0 Å². The Balaban J connectivity index is 0.00000106. The minimum atomic E-state index is 0.422. The van der Waals surface area contributed by atoms with Gasteiger partial charge in [0, 0.05) is 0 Å². The van der Waals surface area contributed by atoms with E-state index in [4.69, 9.17) is 0 Å². The van der Waals surface area contributed by atoms with Crippen molar-refractivity contribution in [3.63, 3.8) is 0 Å². The van der Waals surface area contributed by atoms with Gasteiger partial charge >= 0.3 is 0 Å². The number of hydrogen-bond acceptors (Lipinski definition) is 0. The van der Waals surface area contributed by atoms with Crippen LogP contribution in [0.5, 0.6) is 0 Å². The third-order valence-corrected chi connectivity index (χ3v) is 2.97. The Morgan fingerprint density at radius 2 is 1.69 bits per heavy atom. The zero-order chi connectivity index (χ0) is 12.9. The highest BCUT2D eigenvalue weighted by Gasteiger charge is 2.24. The fourth-order valence-electron chi connectivity index (χ4n) is 2.25. The molecule has 0 aromatic carbocycles. The molecule has 1 aliphatic rings. The number of rotatable bonds is 1. The van der Waals surface area contributed by atoms with E-state index >= 15 is 0 Å². The Kier molecular flexibility index (Phi) is 5.78. The van der Waals surface area contributed by atoms with E-state index in [-0.39, 0.29) is 0 Å². The summed E-state index contributed by atoms with van der Waals surface area (Å²) in [5, 5.41) is 0. The molecule has 0 saturated heterocycles. The molecular formula is C16H28. The van der Waals surface area contributed by atoms with Crippen LogP contribution in [0.25, 0.3) is 0 Å². The SMILES string of the molecule is C=C(C)/C(C)=C1\C=C(C)CC(C)(C)C1.CC. The van der Waals surface area contributed by atoms with Crippen molar-refractivity contribution >= 4 is 0 Å². The molecule has 0 aliphatic heterocycles. The van der Waals surface area contributed by atoms with Crippen molar-refractivity contribution in [2.45, 2.75) is 61.3 Å². The van der Waals surface area contributed by atoms with Crippen molar-refractivity contribution in [3.8, 4) is 0 Å². The zero-order valence-corrected chi connectivity index (χ0v) is 12.2. The summed E-state index contributed by atoms with van der Waals surface area (Å²) < 4.78 is 0. The van der Waals surface area contributed by atoms with Gasteiger partial charge in [0.15, 0.2) is 0 Å². The second-order valence-electron chi connectivity index (χ2n) is 5.44. The fraction of sp³-hybridized carbons (Fsp3) is 0.625. The second kappa shape index (κ2) is 6.08. The Morgan fingerprint density at radius 3 is 2.06 bits per heavy atom. The van der Waals surface area contributed by atoms with Crippen molar-refractivity contribution in [2.75, 3.05) is 0 Å². The lowest BCUT2D eigenvalue weighted by Gasteiger charge is -2.31. The van der Waals surface area contributed by atoms with Gasteiger partial charge in [-0.25, -0.2) is 0 Å². The maximum atomic E-state index is 4.02. The second-order valence-corrected chi connectivity index (χ2v) is 5.44. The van der Waals surface area contributed by atoms with Gasteiger partial charge in [0.2, 0.25) is 0 Å². The third kappa shape index (κ3) is 4.38. The molecule has 0 atom stereocenters. The van der Waals surface area contributed by atoms with E-state index in [1.165, 1.54) is 35.1 Å². The first-order valence-corrected chi connectivity index (χ1v) is 6.35. The Morgan fingerprint density at radius 1 is 1.19 bits per heavy atom. The van der Waals surface area contributed by atoms with Crippen LogP contribution in [0.1, 0.15) is 61.3 Å². The molecule has 0 radical (unpaired) electrons. The summed E-state index contributed by atoms with van der Waals surface area (Å²) in [6.45, 7) is 19.2. The fourth-order valence-corrected chi connectivity index (χ4v) is 2.25. The molecule has 0 aromatic heterocycles. The Labute approximate surface area is 102 Å². The van der Waals surface area contributed by atoms with Gasteiger partial charge in [0.1, 0.15) is 0 Å². The molecule has 0 N–H and O–H groups in total. The minimum Gasteiger partial charge on any atom is -0.0958 e. The number of hydrogen-bond donors (Lipinski definition) is 0. The normalized spacial score (nSPS) is 21.6. The molecule has 0 nitrogen and oxygen atoms in total. The average Bonchev–Trinajstić information content (AvgIpc) is 2.16. The van der Waals surface area contributed by atoms with Crippen molar-refractivity contribution in [1.29, 1.82) is 0 Å². The van der Waals surface area contributed by atoms with Crippen LogP contribution in [0.15, 0.2) is 34.9 Å². The molecule has 16 heavy (non-hydrogen) atoms. The van der Waals surface area contributed by atoms with Crippen LogP contribution in [-0.2, 0) is 0 Å².